The van der Waals surface area contributed by atoms with E-state index in [9.17, 15) is 14.4 Å². The van der Waals surface area contributed by atoms with Crippen LogP contribution in [-0.2, 0) is 14.4 Å². The van der Waals surface area contributed by atoms with Gasteiger partial charge in [-0.1, -0.05) is 112 Å². The van der Waals surface area contributed by atoms with Crippen LogP contribution in [0.2, 0.25) is 15.1 Å². The Kier molecular flexibility index (Phi) is 11.5. The van der Waals surface area contributed by atoms with E-state index in [4.69, 9.17) is 34.8 Å². The molecular weight excluding hydrogens is 583 g/mol. The summed E-state index contributed by atoms with van der Waals surface area (Å²) in [5.41, 5.74) is 4.23. The van der Waals surface area contributed by atoms with Crippen LogP contribution < -0.4 is 15.3 Å². The van der Waals surface area contributed by atoms with E-state index < -0.39 is 0 Å². The van der Waals surface area contributed by atoms with Crippen LogP contribution in [0.15, 0.2) is 41.4 Å². The van der Waals surface area contributed by atoms with E-state index >= 15 is 0 Å². The Bertz CT molecular complexity index is 1280. The van der Waals surface area contributed by atoms with Gasteiger partial charge in [0.1, 0.15) is 11.5 Å². The number of amides is 3. The fourth-order valence-corrected chi connectivity index (χ4v) is 6.36. The Morgan fingerprint density at radius 2 is 1.49 bits per heavy atom. The Labute approximate surface area is 257 Å². The largest absolute Gasteiger partial charge is 0.277 e. The van der Waals surface area contributed by atoms with E-state index in [0.717, 1.165) is 19.3 Å². The van der Waals surface area contributed by atoms with Gasteiger partial charge in [-0.05, 0) is 36.8 Å². The quantitative estimate of drug-likeness (QED) is 0.169. The molecule has 220 valence electrons. The van der Waals surface area contributed by atoms with Crippen LogP contribution in [-0.4, -0.2) is 23.6 Å². The van der Waals surface area contributed by atoms with Gasteiger partial charge in [0.05, 0.1) is 27.8 Å². The second-order valence-corrected chi connectivity index (χ2v) is 12.0. The molecule has 10 heteroatoms. The Morgan fingerprint density at radius 3 is 2.15 bits per heavy atom. The van der Waals surface area contributed by atoms with Gasteiger partial charge in [0, 0.05) is 17.4 Å². The van der Waals surface area contributed by atoms with Crippen molar-refractivity contribution >= 4 is 75.4 Å². The number of hydrogen-bond donors (Lipinski definition) is 1. The number of benzene rings is 2. The minimum absolute atomic E-state index is 0.00200. The van der Waals surface area contributed by atoms with Crippen LogP contribution in [0.5, 0.6) is 0 Å². The number of anilines is 2. The molecule has 4 rings (SSSR count). The molecule has 1 N–H and O–H groups in total. The number of halogens is 3. The lowest BCUT2D eigenvalue weighted by atomic mass is 9.98. The van der Waals surface area contributed by atoms with Crippen molar-refractivity contribution in [3.8, 4) is 0 Å². The van der Waals surface area contributed by atoms with Crippen molar-refractivity contribution < 1.29 is 14.4 Å². The van der Waals surface area contributed by atoms with Crippen LogP contribution in [0.1, 0.15) is 90.4 Å². The number of nitrogens with zero attached hydrogens (tertiary/aromatic N) is 3. The van der Waals surface area contributed by atoms with E-state index in [1.54, 1.807) is 24.3 Å². The maximum atomic E-state index is 13.2. The van der Waals surface area contributed by atoms with Crippen molar-refractivity contribution in [2.24, 2.45) is 10.9 Å². The molecule has 1 unspecified atom stereocenters. The summed E-state index contributed by atoms with van der Waals surface area (Å²) in [6.45, 7) is 2.23. The van der Waals surface area contributed by atoms with E-state index in [-0.39, 0.29) is 46.5 Å². The van der Waals surface area contributed by atoms with Gasteiger partial charge in [-0.2, -0.15) is 0 Å². The summed E-state index contributed by atoms with van der Waals surface area (Å²) in [6, 6.07) is 9.92. The second-order valence-electron chi connectivity index (χ2n) is 10.8. The summed E-state index contributed by atoms with van der Waals surface area (Å²) in [4.78, 5) is 44.5. The topological polar surface area (TPSA) is 82.1 Å². The molecule has 0 bridgehead atoms. The molecule has 3 amide bonds. The number of imide groups is 1. The van der Waals surface area contributed by atoms with Crippen LogP contribution >= 0.6 is 34.8 Å². The van der Waals surface area contributed by atoms with Gasteiger partial charge in [-0.25, -0.2) is 10.0 Å². The number of carbonyl (C=O) groups excluding carboxylic acids is 3. The lowest BCUT2D eigenvalue weighted by molar-refractivity contribution is -0.122. The minimum Gasteiger partial charge on any atom is -0.277 e. The van der Waals surface area contributed by atoms with Gasteiger partial charge in [0.2, 0.25) is 11.8 Å². The van der Waals surface area contributed by atoms with E-state index in [2.05, 4.69) is 17.3 Å². The molecule has 0 aliphatic carbocycles. The third-order valence-corrected chi connectivity index (χ3v) is 8.31. The Hall–Kier alpha value is -2.61. The fraction of sp³-hybridized carbons (Fsp3) is 0.484. The monoisotopic (exact) mass is 618 g/mol. The van der Waals surface area contributed by atoms with Gasteiger partial charge in [0.25, 0.3) is 5.91 Å². The highest BCUT2D eigenvalue weighted by Crippen LogP contribution is 2.37. The van der Waals surface area contributed by atoms with E-state index in [1.807, 2.05) is 0 Å². The van der Waals surface area contributed by atoms with Crippen LogP contribution in [0, 0.1) is 5.92 Å². The van der Waals surface area contributed by atoms with Crippen molar-refractivity contribution in [3.63, 3.8) is 0 Å². The van der Waals surface area contributed by atoms with Crippen molar-refractivity contribution in [2.45, 2.75) is 90.4 Å². The van der Waals surface area contributed by atoms with Gasteiger partial charge < -0.3 is 0 Å². The number of hydrazine groups is 1. The zero-order chi connectivity index (χ0) is 29.4. The van der Waals surface area contributed by atoms with Crippen LogP contribution in [0.3, 0.4) is 0 Å². The molecule has 0 radical (unpaired) electrons. The average molecular weight is 620 g/mol. The predicted octanol–water partition coefficient (Wildman–Crippen LogP) is 8.81. The van der Waals surface area contributed by atoms with Crippen molar-refractivity contribution in [3.05, 3.63) is 51.5 Å². The summed E-state index contributed by atoms with van der Waals surface area (Å²) in [6.07, 6.45) is 13.3. The first-order valence-corrected chi connectivity index (χ1v) is 15.7. The lowest BCUT2D eigenvalue weighted by Crippen LogP contribution is -2.36. The fourth-order valence-electron chi connectivity index (χ4n) is 5.37. The highest BCUT2D eigenvalue weighted by atomic mass is 35.5. The van der Waals surface area contributed by atoms with Crippen LogP contribution in [0.4, 0.5) is 17.1 Å². The second kappa shape index (κ2) is 15.0. The number of aliphatic imine (C=N–C) groups is 1. The van der Waals surface area contributed by atoms with Gasteiger partial charge in [0.15, 0.2) is 0 Å². The number of nitrogens with one attached hydrogen (secondary N) is 1. The maximum Gasteiger partial charge on any atom is 0.253 e. The molecule has 7 nitrogen and oxygen atoms in total. The lowest BCUT2D eigenvalue weighted by Gasteiger charge is -2.19. The normalized spacial score (nSPS) is 18.2. The molecular formula is C31H37Cl3N4O3. The first-order valence-electron chi connectivity index (χ1n) is 14.6. The zero-order valence-electron chi connectivity index (χ0n) is 23.4. The summed E-state index contributed by atoms with van der Waals surface area (Å²) >= 11 is 18.6. The Balaban J connectivity index is 1.31. The van der Waals surface area contributed by atoms with Crippen molar-refractivity contribution in [1.29, 1.82) is 0 Å². The smallest absolute Gasteiger partial charge is 0.253 e. The third kappa shape index (κ3) is 8.24. The molecule has 2 aliphatic heterocycles. The molecule has 2 aromatic carbocycles. The highest BCUT2D eigenvalue weighted by molar-refractivity contribution is 6.42. The maximum absolute atomic E-state index is 13.2. The molecule has 2 aliphatic rings. The number of amidine groups is 1. The van der Waals surface area contributed by atoms with Gasteiger partial charge in [-0.3, -0.25) is 24.7 Å². The molecule has 2 fully saturated rings. The first kappa shape index (κ1) is 31.3. The van der Waals surface area contributed by atoms with Gasteiger partial charge in [-0.15, -0.1) is 0 Å². The summed E-state index contributed by atoms with van der Waals surface area (Å²) in [5, 5.41) is 2.06. The molecule has 41 heavy (non-hydrogen) atoms. The molecule has 0 aromatic heterocycles. The van der Waals surface area contributed by atoms with Crippen molar-refractivity contribution in [2.75, 3.05) is 9.91 Å². The highest BCUT2D eigenvalue weighted by Gasteiger charge is 2.39. The summed E-state index contributed by atoms with van der Waals surface area (Å²) < 4.78 is 0. The molecule has 2 aromatic rings. The molecule has 0 spiro atoms. The molecule has 0 saturated carbocycles. The number of unbranched alkanes of at least 4 members (excludes halogenated alkanes) is 9. The SMILES string of the molecule is CCCCCCCCCCCCC1CC(=O)N(c2cccc(N=C3CC(=O)N(c4c(Cl)cc(Cl)cc4Cl)N3)c2)C1=O. The first-order chi connectivity index (χ1) is 19.8. The average Bonchev–Trinajstić information content (AvgIpc) is 3.41. The van der Waals surface area contributed by atoms with Crippen LogP contribution in [0.25, 0.3) is 0 Å². The predicted molar refractivity (Wildman–Crippen MR) is 167 cm³/mol. The van der Waals surface area contributed by atoms with E-state index in [0.29, 0.717) is 27.9 Å². The summed E-state index contributed by atoms with van der Waals surface area (Å²) in [5.74, 6) is -0.520. The number of carbonyl (C=O) groups is 3. The summed E-state index contributed by atoms with van der Waals surface area (Å²) in [7, 11) is 0. The molecule has 2 saturated heterocycles. The third-order valence-electron chi connectivity index (χ3n) is 7.51. The zero-order valence-corrected chi connectivity index (χ0v) is 25.7. The van der Waals surface area contributed by atoms with E-state index in [1.165, 1.54) is 73.4 Å². The van der Waals surface area contributed by atoms with Crippen molar-refractivity contribution in [1.82, 2.24) is 5.43 Å². The van der Waals surface area contributed by atoms with Gasteiger partial charge >= 0.3 is 0 Å². The number of rotatable bonds is 14. The molecule has 2 heterocycles. The molecule has 1 atom stereocenters. The minimum atomic E-state index is -0.286. The number of hydrogen-bond acceptors (Lipinski definition) is 4. The Morgan fingerprint density at radius 1 is 0.854 bits per heavy atom. The standard InChI is InChI=1S/C31H37Cl3N4O3/c1-2-3-4-5-6-7-8-9-10-11-13-21-16-28(39)37(31(21)41)24-15-12-14-23(19-24)35-27-20-29(40)38(36-27)30-25(33)17-22(32)18-26(30)34/h12,14-15,17-19,21H,2-11,13,16,20H2,1H3,(H,35,36).